The zero-order valence-corrected chi connectivity index (χ0v) is 10.9. The Morgan fingerprint density at radius 1 is 1.50 bits per heavy atom. The van der Waals surface area contributed by atoms with Gasteiger partial charge >= 0.3 is 5.97 Å². The molecule has 0 aliphatic carbocycles. The molecule has 94 valence electrons. The van der Waals surface area contributed by atoms with Gasteiger partial charge in [0.15, 0.2) is 0 Å². The monoisotopic (exact) mass is 263 g/mol. The molecular weight excluding hydrogens is 250 g/mol. The minimum Gasteiger partial charge on any atom is -0.465 e. The predicted octanol–water partition coefficient (Wildman–Crippen LogP) is 1.94. The second kappa shape index (κ2) is 5.14. The number of nitrogen functional groups attached to an aromatic ring is 1. The topological polar surface area (TPSA) is 70.1 Å². The molecule has 1 heterocycles. The number of carbonyl (C=O) groups excluding carboxylic acids is 1. The van der Waals surface area contributed by atoms with Crippen LogP contribution in [0.4, 0.5) is 5.69 Å². The summed E-state index contributed by atoms with van der Waals surface area (Å²) in [5, 5.41) is 4.08. The molecule has 2 rings (SSSR count). The fraction of sp³-hybridized carbons (Fsp3) is 0.167. The van der Waals surface area contributed by atoms with E-state index in [0.717, 1.165) is 9.79 Å². The summed E-state index contributed by atoms with van der Waals surface area (Å²) in [6.45, 7) is 0. The molecule has 0 aliphatic rings. The number of hydrogen-bond donors (Lipinski definition) is 1. The van der Waals surface area contributed by atoms with Crippen LogP contribution in [0.3, 0.4) is 0 Å². The zero-order chi connectivity index (χ0) is 13.1. The van der Waals surface area contributed by atoms with Gasteiger partial charge in [0.1, 0.15) is 0 Å². The first kappa shape index (κ1) is 12.5. The molecule has 0 aliphatic heterocycles. The first-order valence-electron chi connectivity index (χ1n) is 5.25. The molecular formula is C12H13N3O2S. The number of nitrogens with two attached hydrogens (primary N) is 1. The van der Waals surface area contributed by atoms with Crippen LogP contribution in [0.25, 0.3) is 0 Å². The number of para-hydroxylation sites is 1. The van der Waals surface area contributed by atoms with Gasteiger partial charge in [0.25, 0.3) is 0 Å². The molecule has 0 saturated carbocycles. The highest BCUT2D eigenvalue weighted by atomic mass is 32.2. The van der Waals surface area contributed by atoms with Gasteiger partial charge in [-0.1, -0.05) is 17.8 Å². The fourth-order valence-corrected chi connectivity index (χ4v) is 2.42. The minimum absolute atomic E-state index is 0.381. The van der Waals surface area contributed by atoms with Crippen molar-refractivity contribution in [3.63, 3.8) is 0 Å². The van der Waals surface area contributed by atoms with Crippen molar-refractivity contribution in [2.75, 3.05) is 12.8 Å². The molecule has 5 nitrogen and oxygen atoms in total. The van der Waals surface area contributed by atoms with E-state index >= 15 is 0 Å². The van der Waals surface area contributed by atoms with Crippen molar-refractivity contribution in [2.24, 2.45) is 7.05 Å². The van der Waals surface area contributed by atoms with Crippen molar-refractivity contribution in [1.29, 1.82) is 0 Å². The van der Waals surface area contributed by atoms with E-state index in [1.54, 1.807) is 23.0 Å². The lowest BCUT2D eigenvalue weighted by Crippen LogP contribution is -2.06. The number of esters is 1. The lowest BCUT2D eigenvalue weighted by atomic mass is 10.2. The molecule has 0 atom stereocenters. The maximum atomic E-state index is 11.5. The lowest BCUT2D eigenvalue weighted by Gasteiger charge is -2.08. The number of benzene rings is 1. The molecule has 0 spiro atoms. The van der Waals surface area contributed by atoms with Gasteiger partial charge in [-0.05, 0) is 12.1 Å². The molecule has 2 aromatic rings. The average molecular weight is 263 g/mol. The van der Waals surface area contributed by atoms with E-state index in [2.05, 4.69) is 9.84 Å². The van der Waals surface area contributed by atoms with Crippen molar-refractivity contribution in [1.82, 2.24) is 9.78 Å². The number of aryl methyl sites for hydroxylation is 1. The first-order chi connectivity index (χ1) is 8.61. The molecule has 0 fully saturated rings. The van der Waals surface area contributed by atoms with Crippen molar-refractivity contribution in [2.45, 2.75) is 9.79 Å². The fourth-order valence-electron chi connectivity index (χ4n) is 1.50. The highest BCUT2D eigenvalue weighted by Crippen LogP contribution is 2.33. The van der Waals surface area contributed by atoms with E-state index in [0.29, 0.717) is 11.3 Å². The van der Waals surface area contributed by atoms with Crippen LogP contribution in [0.1, 0.15) is 10.4 Å². The van der Waals surface area contributed by atoms with Gasteiger partial charge in [-0.3, -0.25) is 4.68 Å². The van der Waals surface area contributed by atoms with Crippen molar-refractivity contribution in [3.05, 3.63) is 36.2 Å². The Balaban J connectivity index is 2.31. The number of methoxy groups -OCH3 is 1. The van der Waals surface area contributed by atoms with Crippen molar-refractivity contribution < 1.29 is 9.53 Å². The molecule has 1 aromatic heterocycles. The second-order valence-corrected chi connectivity index (χ2v) is 4.78. The second-order valence-electron chi connectivity index (χ2n) is 3.66. The Morgan fingerprint density at radius 2 is 2.28 bits per heavy atom. The Bertz CT molecular complexity index is 580. The molecule has 0 saturated heterocycles. The summed E-state index contributed by atoms with van der Waals surface area (Å²) in [5.41, 5.74) is 6.78. The highest BCUT2D eigenvalue weighted by molar-refractivity contribution is 7.99. The van der Waals surface area contributed by atoms with E-state index in [1.165, 1.54) is 18.9 Å². The van der Waals surface area contributed by atoms with Gasteiger partial charge in [-0.15, -0.1) is 0 Å². The summed E-state index contributed by atoms with van der Waals surface area (Å²) in [7, 11) is 3.18. The van der Waals surface area contributed by atoms with Crippen LogP contribution in [-0.2, 0) is 11.8 Å². The van der Waals surface area contributed by atoms with E-state index in [1.807, 2.05) is 19.3 Å². The number of nitrogens with zero attached hydrogens (tertiary/aromatic N) is 2. The minimum atomic E-state index is -0.430. The number of rotatable bonds is 3. The third-order valence-electron chi connectivity index (χ3n) is 2.38. The maximum absolute atomic E-state index is 11.5. The molecule has 0 unspecified atom stereocenters. The highest BCUT2D eigenvalue weighted by Gasteiger charge is 2.13. The number of hydrogen-bond acceptors (Lipinski definition) is 5. The number of aromatic nitrogens is 2. The molecule has 2 N–H and O–H groups in total. The van der Waals surface area contributed by atoms with E-state index < -0.39 is 5.97 Å². The third kappa shape index (κ3) is 2.48. The van der Waals surface area contributed by atoms with Gasteiger partial charge in [0.2, 0.25) is 0 Å². The van der Waals surface area contributed by atoms with Gasteiger partial charge < -0.3 is 10.5 Å². The third-order valence-corrected chi connectivity index (χ3v) is 3.40. The molecule has 1 aromatic carbocycles. The van der Waals surface area contributed by atoms with Crippen LogP contribution in [0.15, 0.2) is 40.4 Å². The molecule has 0 bridgehead atoms. The molecule has 18 heavy (non-hydrogen) atoms. The molecule has 0 amide bonds. The Morgan fingerprint density at radius 3 is 2.89 bits per heavy atom. The van der Waals surface area contributed by atoms with Crippen molar-refractivity contribution in [3.8, 4) is 0 Å². The summed E-state index contributed by atoms with van der Waals surface area (Å²) < 4.78 is 6.39. The summed E-state index contributed by atoms with van der Waals surface area (Å²) in [4.78, 5) is 13.3. The molecule has 6 heteroatoms. The van der Waals surface area contributed by atoms with Gasteiger partial charge in [0, 0.05) is 18.1 Å². The van der Waals surface area contributed by atoms with Gasteiger partial charge in [0.05, 0.1) is 29.5 Å². The van der Waals surface area contributed by atoms with Crippen LogP contribution in [0.5, 0.6) is 0 Å². The van der Waals surface area contributed by atoms with Crippen LogP contribution in [0.2, 0.25) is 0 Å². The summed E-state index contributed by atoms with van der Waals surface area (Å²) >= 11 is 1.46. The van der Waals surface area contributed by atoms with Gasteiger partial charge in [-0.25, -0.2) is 4.79 Å². The quantitative estimate of drug-likeness (QED) is 0.677. The van der Waals surface area contributed by atoms with E-state index in [4.69, 9.17) is 5.73 Å². The van der Waals surface area contributed by atoms with Gasteiger partial charge in [-0.2, -0.15) is 5.10 Å². The molecule has 0 radical (unpaired) electrons. The van der Waals surface area contributed by atoms with Crippen LogP contribution in [0, 0.1) is 0 Å². The smallest absolute Gasteiger partial charge is 0.339 e. The lowest BCUT2D eigenvalue weighted by molar-refractivity contribution is 0.0601. The number of carbonyl (C=O) groups is 1. The maximum Gasteiger partial charge on any atom is 0.339 e. The van der Waals surface area contributed by atoms with Crippen LogP contribution in [-0.4, -0.2) is 22.9 Å². The largest absolute Gasteiger partial charge is 0.465 e. The van der Waals surface area contributed by atoms with Crippen LogP contribution < -0.4 is 5.73 Å². The standard InChI is InChI=1S/C12H13N3O2S/c1-15-7-8(6-14-15)18-10-5-3-4-9(11(10)13)12(16)17-2/h3-7H,13H2,1-2H3. The Kier molecular flexibility index (Phi) is 3.57. The Labute approximate surface area is 109 Å². The van der Waals surface area contributed by atoms with E-state index in [9.17, 15) is 4.79 Å². The number of anilines is 1. The van der Waals surface area contributed by atoms with E-state index in [-0.39, 0.29) is 0 Å². The summed E-state index contributed by atoms with van der Waals surface area (Å²) in [6, 6.07) is 5.29. The summed E-state index contributed by atoms with van der Waals surface area (Å²) in [6.07, 6.45) is 3.63. The number of ether oxygens (including phenoxy) is 1. The Hall–Kier alpha value is -1.95. The SMILES string of the molecule is COC(=O)c1cccc(Sc2cnn(C)c2)c1N. The summed E-state index contributed by atoms with van der Waals surface area (Å²) in [5.74, 6) is -0.430. The average Bonchev–Trinajstić information content (AvgIpc) is 2.76. The van der Waals surface area contributed by atoms with Crippen molar-refractivity contribution >= 4 is 23.4 Å². The zero-order valence-electron chi connectivity index (χ0n) is 10.1. The van der Waals surface area contributed by atoms with Crippen LogP contribution >= 0.6 is 11.8 Å². The predicted molar refractivity (Wildman–Crippen MR) is 69.5 cm³/mol. The first-order valence-corrected chi connectivity index (χ1v) is 6.06. The normalized spacial score (nSPS) is 10.3.